The first-order chi connectivity index (χ1) is 13.4. The number of likely N-dealkylation sites (tertiary alicyclic amines) is 1. The van der Waals surface area contributed by atoms with E-state index >= 15 is 0 Å². The van der Waals surface area contributed by atoms with E-state index in [0.717, 1.165) is 23.5 Å². The molecule has 1 aliphatic heterocycles. The highest BCUT2D eigenvalue weighted by Gasteiger charge is 2.42. The monoisotopic (exact) mass is 415 g/mol. The Morgan fingerprint density at radius 3 is 1.70 bits per heavy atom. The summed E-state index contributed by atoms with van der Waals surface area (Å²) < 4.78 is 0. The number of rotatable bonds is 5. The average Bonchev–Trinajstić information content (AvgIpc) is 2.55. The molecule has 1 aliphatic rings. The van der Waals surface area contributed by atoms with Gasteiger partial charge in [0.1, 0.15) is 5.75 Å². The van der Waals surface area contributed by atoms with Gasteiger partial charge in [0.25, 0.3) is 0 Å². The van der Waals surface area contributed by atoms with E-state index in [1.54, 1.807) is 0 Å². The highest BCUT2D eigenvalue weighted by Crippen LogP contribution is 2.42. The molecule has 0 amide bonds. The second kappa shape index (κ2) is 8.49. The van der Waals surface area contributed by atoms with Crippen molar-refractivity contribution < 1.29 is 5.11 Å². The predicted molar refractivity (Wildman–Crippen MR) is 132 cm³/mol. The number of piperidine rings is 1. The molecule has 1 fully saturated rings. The first kappa shape index (κ1) is 25.2. The van der Waals surface area contributed by atoms with Gasteiger partial charge in [-0.1, -0.05) is 66.5 Å². The molecule has 0 bridgehead atoms. The number of hydrogen-bond donors (Lipinski definition) is 1. The van der Waals surface area contributed by atoms with Crippen LogP contribution in [0.15, 0.2) is 12.1 Å². The fourth-order valence-corrected chi connectivity index (χ4v) is 5.53. The molecule has 0 spiro atoms. The number of hydrogen-bond acceptors (Lipinski definition) is 2. The summed E-state index contributed by atoms with van der Waals surface area (Å²) in [7, 11) is 2.29. The number of nitrogens with zero attached hydrogens (tertiary/aromatic N) is 1. The maximum absolute atomic E-state index is 10.9. The Morgan fingerprint density at radius 2 is 1.30 bits per heavy atom. The number of phenols is 1. The van der Waals surface area contributed by atoms with Gasteiger partial charge in [0.05, 0.1) is 0 Å². The van der Waals surface area contributed by atoms with Crippen molar-refractivity contribution in [3.8, 4) is 5.75 Å². The molecule has 2 rings (SSSR count). The van der Waals surface area contributed by atoms with Crippen molar-refractivity contribution in [2.24, 2.45) is 5.92 Å². The summed E-state index contributed by atoms with van der Waals surface area (Å²) in [6, 6.07) is 4.51. The molecule has 1 saturated heterocycles. The molecule has 172 valence electrons. The third-order valence-corrected chi connectivity index (χ3v) is 7.51. The van der Waals surface area contributed by atoms with Gasteiger partial charge in [0, 0.05) is 11.1 Å². The van der Waals surface area contributed by atoms with E-state index in [1.165, 1.54) is 37.7 Å². The molecule has 0 aliphatic carbocycles. The van der Waals surface area contributed by atoms with Crippen molar-refractivity contribution >= 4 is 0 Å². The lowest BCUT2D eigenvalue weighted by molar-refractivity contribution is -0.0320. The topological polar surface area (TPSA) is 23.5 Å². The molecule has 2 heteroatoms. The van der Waals surface area contributed by atoms with Gasteiger partial charge in [0.2, 0.25) is 0 Å². The summed E-state index contributed by atoms with van der Waals surface area (Å²) in [5, 5.41) is 10.9. The second-order valence-corrected chi connectivity index (χ2v) is 13.2. The fraction of sp³-hybridized carbons (Fsp3) is 0.786. The Balaban J connectivity index is 2.06. The van der Waals surface area contributed by atoms with E-state index in [1.807, 2.05) is 0 Å². The minimum absolute atomic E-state index is 0.0502. The van der Waals surface area contributed by atoms with Crippen molar-refractivity contribution in [2.75, 3.05) is 7.05 Å². The van der Waals surface area contributed by atoms with Crippen LogP contribution in [-0.4, -0.2) is 28.1 Å². The molecule has 0 unspecified atom stereocenters. The molecule has 0 radical (unpaired) electrons. The Kier molecular flexibility index (Phi) is 7.14. The van der Waals surface area contributed by atoms with Crippen LogP contribution in [0.1, 0.15) is 118 Å². The molecule has 1 N–H and O–H groups in total. The number of aromatic hydroxyl groups is 1. The second-order valence-electron chi connectivity index (χ2n) is 13.2. The first-order valence-electron chi connectivity index (χ1n) is 12.1. The van der Waals surface area contributed by atoms with E-state index in [4.69, 9.17) is 0 Å². The van der Waals surface area contributed by atoms with Crippen LogP contribution in [0.4, 0.5) is 0 Å². The summed E-state index contributed by atoms with van der Waals surface area (Å²) in [4.78, 5) is 2.58. The van der Waals surface area contributed by atoms with Gasteiger partial charge in [-0.3, -0.25) is 4.90 Å². The highest BCUT2D eigenvalue weighted by molar-refractivity contribution is 5.49. The summed E-state index contributed by atoms with van der Waals surface area (Å²) >= 11 is 0. The van der Waals surface area contributed by atoms with Crippen LogP contribution < -0.4 is 0 Å². The van der Waals surface area contributed by atoms with Crippen molar-refractivity contribution in [1.82, 2.24) is 4.90 Å². The average molecular weight is 416 g/mol. The van der Waals surface area contributed by atoms with Gasteiger partial charge >= 0.3 is 0 Å². The van der Waals surface area contributed by atoms with Gasteiger partial charge in [-0.15, -0.1) is 0 Å². The predicted octanol–water partition coefficient (Wildman–Crippen LogP) is 7.60. The van der Waals surface area contributed by atoms with Gasteiger partial charge in [0.15, 0.2) is 0 Å². The minimum Gasteiger partial charge on any atom is -0.507 e. The Morgan fingerprint density at radius 1 is 0.867 bits per heavy atom. The van der Waals surface area contributed by atoms with Crippen molar-refractivity contribution in [3.05, 3.63) is 28.8 Å². The zero-order valence-electron chi connectivity index (χ0n) is 21.9. The number of phenolic OH excluding ortho intramolecular Hbond substituents is 1. The standard InChI is InChI=1S/C28H49NO/c1-25(2,3)22-16-20(17-23(24(22)30)26(4,5)6)14-12-13-15-21-18-27(7,8)29(11)28(9,10)19-21/h16-17,21,30H,12-15,18-19H2,1-11H3. The van der Waals surface area contributed by atoms with Crippen molar-refractivity contribution in [1.29, 1.82) is 0 Å². The van der Waals surface area contributed by atoms with E-state index in [9.17, 15) is 5.11 Å². The van der Waals surface area contributed by atoms with Crippen LogP contribution >= 0.6 is 0 Å². The van der Waals surface area contributed by atoms with E-state index in [0.29, 0.717) is 5.75 Å². The molecule has 1 aromatic rings. The highest BCUT2D eigenvalue weighted by atomic mass is 16.3. The summed E-state index contributed by atoms with van der Waals surface area (Å²) in [5.74, 6) is 1.32. The number of aryl methyl sites for hydroxylation is 1. The van der Waals surface area contributed by atoms with Gasteiger partial charge in [-0.2, -0.15) is 0 Å². The Bertz CT molecular complexity index is 677. The zero-order valence-corrected chi connectivity index (χ0v) is 21.9. The van der Waals surface area contributed by atoms with Crippen LogP contribution in [0.25, 0.3) is 0 Å². The van der Waals surface area contributed by atoms with Crippen molar-refractivity contribution in [2.45, 2.75) is 130 Å². The quantitative estimate of drug-likeness (QED) is 0.500. The Hall–Kier alpha value is -1.02. The molecule has 0 atom stereocenters. The van der Waals surface area contributed by atoms with E-state index in [-0.39, 0.29) is 21.9 Å². The number of unbranched alkanes of at least 4 members (excludes halogenated alkanes) is 1. The third kappa shape index (κ3) is 5.81. The largest absolute Gasteiger partial charge is 0.507 e. The lowest BCUT2D eigenvalue weighted by Crippen LogP contribution is -2.58. The fourth-order valence-electron chi connectivity index (χ4n) is 5.53. The smallest absolute Gasteiger partial charge is 0.123 e. The van der Waals surface area contributed by atoms with E-state index in [2.05, 4.69) is 93.3 Å². The molecular formula is C28H49NO. The van der Waals surface area contributed by atoms with Crippen LogP contribution in [0, 0.1) is 5.92 Å². The molecular weight excluding hydrogens is 366 g/mol. The molecule has 30 heavy (non-hydrogen) atoms. The van der Waals surface area contributed by atoms with E-state index < -0.39 is 0 Å². The lowest BCUT2D eigenvalue weighted by Gasteiger charge is -2.54. The normalized spacial score (nSPS) is 20.5. The summed E-state index contributed by atoms with van der Waals surface area (Å²) in [5.41, 5.74) is 4.02. The van der Waals surface area contributed by atoms with Crippen LogP contribution in [0.5, 0.6) is 5.75 Å². The lowest BCUT2D eigenvalue weighted by atomic mass is 9.72. The molecule has 2 nitrogen and oxygen atoms in total. The zero-order chi connectivity index (χ0) is 23.1. The van der Waals surface area contributed by atoms with Crippen molar-refractivity contribution in [3.63, 3.8) is 0 Å². The Labute approximate surface area is 187 Å². The van der Waals surface area contributed by atoms with Gasteiger partial charge in [-0.25, -0.2) is 0 Å². The SMILES string of the molecule is CN1C(C)(C)CC(CCCCc2cc(C(C)(C)C)c(O)c(C(C)(C)C)c2)CC1(C)C. The maximum atomic E-state index is 10.9. The summed E-state index contributed by atoms with van der Waals surface area (Å²) in [6.45, 7) is 22.8. The van der Waals surface area contributed by atoms with Crippen LogP contribution in [-0.2, 0) is 17.3 Å². The third-order valence-electron chi connectivity index (χ3n) is 7.51. The number of benzene rings is 1. The van der Waals surface area contributed by atoms with Crippen LogP contribution in [0.3, 0.4) is 0 Å². The van der Waals surface area contributed by atoms with Gasteiger partial charge in [-0.05, 0) is 93.9 Å². The molecule has 1 aromatic carbocycles. The molecule has 0 aromatic heterocycles. The van der Waals surface area contributed by atoms with Gasteiger partial charge < -0.3 is 5.11 Å². The minimum atomic E-state index is -0.0502. The van der Waals surface area contributed by atoms with Crippen LogP contribution in [0.2, 0.25) is 0 Å². The summed E-state index contributed by atoms with van der Waals surface area (Å²) in [6.07, 6.45) is 7.55. The molecule has 1 heterocycles. The molecule has 0 saturated carbocycles. The maximum Gasteiger partial charge on any atom is 0.123 e. The first-order valence-corrected chi connectivity index (χ1v) is 12.1.